The van der Waals surface area contributed by atoms with Crippen LogP contribution in [-0.4, -0.2) is 23.5 Å². The van der Waals surface area contributed by atoms with Crippen molar-refractivity contribution in [2.75, 3.05) is 11.5 Å². The highest BCUT2D eigenvalue weighted by Crippen LogP contribution is 2.35. The zero-order chi connectivity index (χ0) is 21.3. The van der Waals surface area contributed by atoms with Crippen LogP contribution in [0.4, 0.5) is 5.69 Å². The third-order valence-electron chi connectivity index (χ3n) is 3.89. The first kappa shape index (κ1) is 22.5. The lowest BCUT2D eigenvalue weighted by Gasteiger charge is -2.29. The molecule has 1 N–H and O–H groups in total. The van der Waals surface area contributed by atoms with Gasteiger partial charge in [-0.3, -0.25) is 19.8 Å². The van der Waals surface area contributed by atoms with Crippen LogP contribution in [0.1, 0.15) is 12.5 Å². The standard InChI is InChI=1S/C19H12BrCl2IN2O3S/c1-2-28-16-11(20)7-9(8-13(16)23)6-10-17(26)24-19(29)25(18(10)27)14-5-3-4-12(21)15(14)22/h3-8H,2H2,1H3,(H,24,26,29)/b10-6+. The van der Waals surface area contributed by atoms with Crippen molar-refractivity contribution in [2.45, 2.75) is 6.92 Å². The second kappa shape index (κ2) is 9.30. The Labute approximate surface area is 204 Å². The average Bonchev–Trinajstić information content (AvgIpc) is 2.65. The van der Waals surface area contributed by atoms with Crippen LogP contribution in [0.3, 0.4) is 0 Å². The second-order valence-corrected chi connectivity index (χ2v) is 8.97. The summed E-state index contributed by atoms with van der Waals surface area (Å²) in [6.07, 6.45) is 1.49. The number of carbonyl (C=O) groups excluding carboxylic acids is 2. The van der Waals surface area contributed by atoms with Crippen molar-refractivity contribution in [2.24, 2.45) is 0 Å². The fourth-order valence-corrected chi connectivity index (χ4v) is 5.08. The Bertz CT molecular complexity index is 1050. The highest BCUT2D eigenvalue weighted by molar-refractivity contribution is 14.1. The van der Waals surface area contributed by atoms with E-state index in [9.17, 15) is 9.59 Å². The van der Waals surface area contributed by atoms with E-state index in [2.05, 4.69) is 43.8 Å². The summed E-state index contributed by atoms with van der Waals surface area (Å²) in [5.74, 6) is -0.486. The van der Waals surface area contributed by atoms with Crippen molar-refractivity contribution in [3.63, 3.8) is 0 Å². The zero-order valence-corrected chi connectivity index (χ0v) is 20.8. The summed E-state index contributed by atoms with van der Waals surface area (Å²) in [5.41, 5.74) is 0.859. The largest absolute Gasteiger partial charge is 0.492 e. The fourth-order valence-electron chi connectivity index (χ4n) is 2.65. The Morgan fingerprint density at radius 3 is 2.69 bits per heavy atom. The quantitative estimate of drug-likeness (QED) is 0.208. The summed E-state index contributed by atoms with van der Waals surface area (Å²) >= 11 is 23.1. The molecule has 0 radical (unpaired) electrons. The number of nitrogens with zero attached hydrogens (tertiary/aromatic N) is 1. The molecule has 1 fully saturated rings. The van der Waals surface area contributed by atoms with E-state index in [-0.39, 0.29) is 20.7 Å². The van der Waals surface area contributed by atoms with Crippen molar-refractivity contribution >= 4 is 103 Å². The van der Waals surface area contributed by atoms with Gasteiger partial charge in [0, 0.05) is 0 Å². The van der Waals surface area contributed by atoms with Gasteiger partial charge in [0.2, 0.25) is 0 Å². The van der Waals surface area contributed by atoms with Crippen molar-refractivity contribution in [1.29, 1.82) is 0 Å². The van der Waals surface area contributed by atoms with Crippen molar-refractivity contribution < 1.29 is 14.3 Å². The number of hydrogen-bond donors (Lipinski definition) is 1. The molecule has 1 saturated heterocycles. The summed E-state index contributed by atoms with van der Waals surface area (Å²) < 4.78 is 7.14. The molecule has 0 aromatic heterocycles. The Kier molecular flexibility index (Phi) is 7.21. The number of hydrogen-bond acceptors (Lipinski definition) is 4. The lowest BCUT2D eigenvalue weighted by molar-refractivity contribution is -0.122. The van der Waals surface area contributed by atoms with Crippen LogP contribution >= 0.6 is 73.9 Å². The molecule has 0 atom stereocenters. The minimum absolute atomic E-state index is 0.0660. The minimum atomic E-state index is -0.595. The van der Waals surface area contributed by atoms with Crippen LogP contribution in [0.25, 0.3) is 6.08 Å². The van der Waals surface area contributed by atoms with Gasteiger partial charge in [0.15, 0.2) is 5.11 Å². The number of carbonyl (C=O) groups is 2. The molecule has 0 bridgehead atoms. The monoisotopic (exact) mass is 624 g/mol. The van der Waals surface area contributed by atoms with E-state index in [1.807, 2.05) is 13.0 Å². The average molecular weight is 626 g/mol. The van der Waals surface area contributed by atoms with E-state index in [1.165, 1.54) is 6.08 Å². The van der Waals surface area contributed by atoms with Gasteiger partial charge in [-0.05, 0) is 93.6 Å². The van der Waals surface area contributed by atoms with E-state index in [0.717, 1.165) is 8.47 Å². The summed E-state index contributed by atoms with van der Waals surface area (Å²) in [6.45, 7) is 2.41. The first-order valence-electron chi connectivity index (χ1n) is 8.22. The fraction of sp³-hybridized carbons (Fsp3) is 0.105. The predicted octanol–water partition coefficient (Wildman–Crippen LogP) is 5.59. The first-order valence-corrected chi connectivity index (χ1v) is 11.3. The number of nitrogens with one attached hydrogen (secondary N) is 1. The van der Waals surface area contributed by atoms with Gasteiger partial charge in [-0.25, -0.2) is 0 Å². The van der Waals surface area contributed by atoms with Crippen molar-refractivity contribution in [3.8, 4) is 5.75 Å². The number of anilines is 1. The third-order valence-corrected chi connectivity index (χ3v) is 6.38. The van der Waals surface area contributed by atoms with Gasteiger partial charge >= 0.3 is 0 Å². The molecule has 0 spiro atoms. The molecule has 0 aliphatic carbocycles. The van der Waals surface area contributed by atoms with Gasteiger partial charge < -0.3 is 4.74 Å². The first-order chi connectivity index (χ1) is 13.7. The number of rotatable bonds is 4. The maximum absolute atomic E-state index is 13.1. The lowest BCUT2D eigenvalue weighted by atomic mass is 10.1. The third kappa shape index (κ3) is 4.61. The highest BCUT2D eigenvalue weighted by atomic mass is 127. The van der Waals surface area contributed by atoms with E-state index in [0.29, 0.717) is 28.1 Å². The minimum Gasteiger partial charge on any atom is -0.492 e. The van der Waals surface area contributed by atoms with Crippen molar-refractivity contribution in [1.82, 2.24) is 5.32 Å². The number of benzene rings is 2. The molecule has 0 unspecified atom stereocenters. The molecular formula is C19H12BrCl2IN2O3S. The maximum Gasteiger partial charge on any atom is 0.270 e. The highest BCUT2D eigenvalue weighted by Gasteiger charge is 2.35. The van der Waals surface area contributed by atoms with Gasteiger partial charge in [0.25, 0.3) is 11.8 Å². The number of amides is 2. The normalized spacial score (nSPS) is 15.7. The topological polar surface area (TPSA) is 58.6 Å². The molecule has 1 aliphatic rings. The van der Waals surface area contributed by atoms with Gasteiger partial charge in [0.1, 0.15) is 11.3 Å². The second-order valence-electron chi connectivity index (χ2n) is 5.78. The SMILES string of the molecule is CCOc1c(Br)cc(/C=C2\C(=O)NC(=S)N(c3cccc(Cl)c3Cl)C2=O)cc1I. The molecule has 0 saturated carbocycles. The maximum atomic E-state index is 13.1. The van der Waals surface area contributed by atoms with Crippen LogP contribution < -0.4 is 15.0 Å². The Morgan fingerprint density at radius 2 is 2.03 bits per heavy atom. The van der Waals surface area contributed by atoms with Crippen molar-refractivity contribution in [3.05, 3.63) is 59.6 Å². The zero-order valence-electron chi connectivity index (χ0n) is 14.8. The van der Waals surface area contributed by atoms with Crippen LogP contribution in [0.5, 0.6) is 5.75 Å². The molecule has 2 amide bonds. The number of ether oxygens (including phenoxy) is 1. The van der Waals surface area contributed by atoms with Crippen LogP contribution in [-0.2, 0) is 9.59 Å². The summed E-state index contributed by atoms with van der Waals surface area (Å²) in [4.78, 5) is 26.8. The molecular weight excluding hydrogens is 614 g/mol. The smallest absolute Gasteiger partial charge is 0.270 e. The summed E-state index contributed by atoms with van der Waals surface area (Å²) in [7, 11) is 0. The molecule has 1 heterocycles. The molecule has 2 aromatic rings. The van der Waals surface area contributed by atoms with Crippen LogP contribution in [0.15, 0.2) is 40.4 Å². The van der Waals surface area contributed by atoms with Crippen LogP contribution in [0.2, 0.25) is 10.0 Å². The summed E-state index contributed by atoms with van der Waals surface area (Å²) in [5, 5.41) is 2.90. The lowest BCUT2D eigenvalue weighted by Crippen LogP contribution is -2.54. The van der Waals surface area contributed by atoms with Gasteiger partial charge in [-0.15, -0.1) is 0 Å². The molecule has 1 aliphatic heterocycles. The Balaban J connectivity index is 2.05. The molecule has 2 aromatic carbocycles. The summed E-state index contributed by atoms with van der Waals surface area (Å²) in [6, 6.07) is 8.42. The molecule has 3 rings (SSSR count). The Hall–Kier alpha value is -1.20. The van der Waals surface area contributed by atoms with E-state index < -0.39 is 11.8 Å². The Morgan fingerprint density at radius 1 is 1.31 bits per heavy atom. The number of thiocarbonyl (C=S) groups is 1. The molecule has 150 valence electrons. The van der Waals surface area contributed by atoms with Gasteiger partial charge in [-0.1, -0.05) is 29.3 Å². The van der Waals surface area contributed by atoms with Crippen LogP contribution in [0, 0.1) is 3.57 Å². The van der Waals surface area contributed by atoms with E-state index in [4.69, 9.17) is 40.2 Å². The van der Waals surface area contributed by atoms with Gasteiger partial charge in [-0.2, -0.15) is 0 Å². The predicted molar refractivity (Wildman–Crippen MR) is 131 cm³/mol. The molecule has 10 heteroatoms. The molecule has 29 heavy (non-hydrogen) atoms. The van der Waals surface area contributed by atoms with Gasteiger partial charge in [0.05, 0.1) is 30.4 Å². The van der Waals surface area contributed by atoms with E-state index in [1.54, 1.807) is 24.3 Å². The molecule has 5 nitrogen and oxygen atoms in total. The number of halogens is 4. The van der Waals surface area contributed by atoms with E-state index >= 15 is 0 Å².